The molecule has 0 saturated heterocycles. The third kappa shape index (κ3) is 5.39. The van der Waals surface area contributed by atoms with Gasteiger partial charge < -0.3 is 4.74 Å². The van der Waals surface area contributed by atoms with Gasteiger partial charge in [0, 0.05) is 17.2 Å². The Hall–Kier alpha value is -2.33. The molecule has 1 N–H and O–H groups in total. The smallest absolute Gasteiger partial charge is 0.280 e. The van der Waals surface area contributed by atoms with Gasteiger partial charge in [0.15, 0.2) is 6.10 Å². The van der Waals surface area contributed by atoms with Crippen LogP contribution >= 0.6 is 11.6 Å². The van der Waals surface area contributed by atoms with Gasteiger partial charge in [0.25, 0.3) is 5.91 Å². The predicted octanol–water partition coefficient (Wildman–Crippen LogP) is 4.15. The monoisotopic (exact) mass is 344 g/mol. The van der Waals surface area contributed by atoms with Crippen LogP contribution in [0.15, 0.2) is 53.6 Å². The second-order valence-corrected chi connectivity index (χ2v) is 6.09. The topological polar surface area (TPSA) is 50.7 Å². The van der Waals surface area contributed by atoms with Crippen molar-refractivity contribution in [2.75, 3.05) is 0 Å². The number of amides is 1. The van der Waals surface area contributed by atoms with Gasteiger partial charge in [0.1, 0.15) is 5.75 Å². The quantitative estimate of drug-likeness (QED) is 0.632. The maximum absolute atomic E-state index is 12.1. The van der Waals surface area contributed by atoms with E-state index in [0.29, 0.717) is 17.2 Å². The van der Waals surface area contributed by atoms with Crippen molar-refractivity contribution in [1.82, 2.24) is 5.43 Å². The number of ether oxygens (including phenoxy) is 1. The van der Waals surface area contributed by atoms with Crippen molar-refractivity contribution in [3.05, 3.63) is 64.7 Å². The molecule has 2 aromatic carbocycles. The molecule has 0 aliphatic heterocycles. The van der Waals surface area contributed by atoms with Crippen molar-refractivity contribution in [3.63, 3.8) is 0 Å². The zero-order chi connectivity index (χ0) is 17.5. The molecular formula is C19H21ClN2O2. The van der Waals surface area contributed by atoms with E-state index in [2.05, 4.69) is 10.5 Å². The van der Waals surface area contributed by atoms with Crippen LogP contribution in [-0.2, 0) is 11.2 Å². The molecule has 0 heterocycles. The number of benzene rings is 2. The first kappa shape index (κ1) is 18.0. The van der Waals surface area contributed by atoms with Gasteiger partial charge in [-0.25, -0.2) is 5.43 Å². The standard InChI is InChI=1S/C19H21ClN2O2/c1-13-11-17(20)9-10-18(13)24-15(3)19(23)22-21-14(2)12-16-7-5-4-6-8-16/h4-11,15H,12H2,1-3H3,(H,22,23)/b21-14-. The van der Waals surface area contributed by atoms with Crippen LogP contribution in [0.3, 0.4) is 0 Å². The normalized spacial score (nSPS) is 12.6. The average molecular weight is 345 g/mol. The summed E-state index contributed by atoms with van der Waals surface area (Å²) >= 11 is 5.91. The predicted molar refractivity (Wildman–Crippen MR) is 97.7 cm³/mol. The van der Waals surface area contributed by atoms with Crippen molar-refractivity contribution >= 4 is 23.2 Å². The van der Waals surface area contributed by atoms with Crippen LogP contribution in [0.5, 0.6) is 5.75 Å². The molecule has 1 unspecified atom stereocenters. The van der Waals surface area contributed by atoms with E-state index < -0.39 is 6.10 Å². The molecule has 0 radical (unpaired) electrons. The van der Waals surface area contributed by atoms with Crippen LogP contribution < -0.4 is 10.2 Å². The summed E-state index contributed by atoms with van der Waals surface area (Å²) in [4.78, 5) is 12.1. The van der Waals surface area contributed by atoms with E-state index in [0.717, 1.165) is 16.8 Å². The zero-order valence-corrected chi connectivity index (χ0v) is 14.8. The van der Waals surface area contributed by atoms with Crippen LogP contribution in [0.25, 0.3) is 0 Å². The van der Waals surface area contributed by atoms with Gasteiger partial charge in [-0.05, 0) is 50.1 Å². The molecule has 4 nitrogen and oxygen atoms in total. The summed E-state index contributed by atoms with van der Waals surface area (Å²) in [5.41, 5.74) is 5.40. The molecule has 0 aromatic heterocycles. The van der Waals surface area contributed by atoms with E-state index in [-0.39, 0.29) is 5.91 Å². The lowest BCUT2D eigenvalue weighted by molar-refractivity contribution is -0.127. The molecule has 1 amide bonds. The lowest BCUT2D eigenvalue weighted by atomic mass is 10.1. The highest BCUT2D eigenvalue weighted by molar-refractivity contribution is 6.30. The van der Waals surface area contributed by atoms with Crippen LogP contribution in [0, 0.1) is 6.92 Å². The Morgan fingerprint density at radius 2 is 1.96 bits per heavy atom. The number of nitrogens with zero attached hydrogens (tertiary/aromatic N) is 1. The lowest BCUT2D eigenvalue weighted by Gasteiger charge is -2.15. The van der Waals surface area contributed by atoms with Crippen molar-refractivity contribution in [2.45, 2.75) is 33.3 Å². The number of hydrogen-bond acceptors (Lipinski definition) is 3. The molecule has 2 rings (SSSR count). The van der Waals surface area contributed by atoms with Gasteiger partial charge >= 0.3 is 0 Å². The van der Waals surface area contributed by atoms with Crippen LogP contribution in [0.4, 0.5) is 0 Å². The fourth-order valence-electron chi connectivity index (χ4n) is 2.16. The molecule has 5 heteroatoms. The Morgan fingerprint density at radius 1 is 1.25 bits per heavy atom. The molecule has 0 aliphatic carbocycles. The minimum absolute atomic E-state index is 0.295. The van der Waals surface area contributed by atoms with E-state index in [9.17, 15) is 4.79 Å². The SMILES string of the molecule is C/C(Cc1ccccc1)=N/NC(=O)C(C)Oc1ccc(Cl)cc1C. The Bertz CT molecular complexity index is 729. The average Bonchev–Trinajstić information content (AvgIpc) is 2.56. The molecular weight excluding hydrogens is 324 g/mol. The minimum Gasteiger partial charge on any atom is -0.481 e. The van der Waals surface area contributed by atoms with Gasteiger partial charge in [-0.2, -0.15) is 5.10 Å². The van der Waals surface area contributed by atoms with Crippen molar-refractivity contribution in [2.24, 2.45) is 5.10 Å². The number of hydrazone groups is 1. The summed E-state index contributed by atoms with van der Waals surface area (Å²) in [5.74, 6) is 0.337. The molecule has 2 aromatic rings. The Kier molecular flexibility index (Phi) is 6.38. The van der Waals surface area contributed by atoms with Crippen LogP contribution in [0.2, 0.25) is 5.02 Å². The first-order valence-electron chi connectivity index (χ1n) is 7.75. The summed E-state index contributed by atoms with van der Waals surface area (Å²) < 4.78 is 5.67. The number of nitrogens with one attached hydrogen (secondary N) is 1. The fraction of sp³-hybridized carbons (Fsp3) is 0.263. The first-order valence-corrected chi connectivity index (χ1v) is 8.13. The van der Waals surface area contributed by atoms with Gasteiger partial charge in [0.2, 0.25) is 0 Å². The van der Waals surface area contributed by atoms with Crippen molar-refractivity contribution in [1.29, 1.82) is 0 Å². The number of hydrogen-bond donors (Lipinski definition) is 1. The molecule has 24 heavy (non-hydrogen) atoms. The number of carbonyl (C=O) groups excluding carboxylic acids is 1. The Labute approximate surface area is 147 Å². The van der Waals surface area contributed by atoms with Gasteiger partial charge in [-0.3, -0.25) is 4.79 Å². The first-order chi connectivity index (χ1) is 11.5. The maximum Gasteiger partial charge on any atom is 0.280 e. The van der Waals surface area contributed by atoms with Gasteiger partial charge in [-0.1, -0.05) is 41.9 Å². The molecule has 0 spiro atoms. The van der Waals surface area contributed by atoms with E-state index in [4.69, 9.17) is 16.3 Å². The molecule has 126 valence electrons. The van der Waals surface area contributed by atoms with E-state index in [1.165, 1.54) is 0 Å². The fourth-order valence-corrected chi connectivity index (χ4v) is 2.39. The highest BCUT2D eigenvalue weighted by Gasteiger charge is 2.15. The van der Waals surface area contributed by atoms with E-state index in [1.807, 2.05) is 44.2 Å². The van der Waals surface area contributed by atoms with E-state index >= 15 is 0 Å². The number of carbonyl (C=O) groups is 1. The molecule has 0 saturated carbocycles. The lowest BCUT2D eigenvalue weighted by Crippen LogP contribution is -2.34. The molecule has 0 bridgehead atoms. The van der Waals surface area contributed by atoms with Gasteiger partial charge in [0.05, 0.1) is 0 Å². The highest BCUT2D eigenvalue weighted by atomic mass is 35.5. The summed E-state index contributed by atoms with van der Waals surface area (Å²) in [7, 11) is 0. The number of aryl methyl sites for hydroxylation is 1. The van der Waals surface area contributed by atoms with Crippen molar-refractivity contribution in [3.8, 4) is 5.75 Å². The summed E-state index contributed by atoms with van der Waals surface area (Å²) in [6.45, 7) is 5.45. The Balaban J connectivity index is 1.90. The minimum atomic E-state index is -0.654. The van der Waals surface area contributed by atoms with Crippen LogP contribution in [-0.4, -0.2) is 17.7 Å². The molecule has 1 atom stereocenters. The summed E-state index contributed by atoms with van der Waals surface area (Å²) in [6, 6.07) is 15.3. The third-order valence-electron chi connectivity index (χ3n) is 3.47. The van der Waals surface area contributed by atoms with Crippen LogP contribution in [0.1, 0.15) is 25.0 Å². The zero-order valence-electron chi connectivity index (χ0n) is 14.0. The summed E-state index contributed by atoms with van der Waals surface area (Å²) in [6.07, 6.45) is 0.0327. The molecule has 0 aliphatic rings. The molecule has 0 fully saturated rings. The number of rotatable bonds is 6. The van der Waals surface area contributed by atoms with Gasteiger partial charge in [-0.15, -0.1) is 0 Å². The largest absolute Gasteiger partial charge is 0.481 e. The number of halogens is 1. The second kappa shape index (κ2) is 8.50. The Morgan fingerprint density at radius 3 is 2.62 bits per heavy atom. The second-order valence-electron chi connectivity index (χ2n) is 5.66. The van der Waals surface area contributed by atoms with Crippen molar-refractivity contribution < 1.29 is 9.53 Å². The third-order valence-corrected chi connectivity index (χ3v) is 3.70. The summed E-state index contributed by atoms with van der Waals surface area (Å²) in [5, 5.41) is 4.77. The van der Waals surface area contributed by atoms with E-state index in [1.54, 1.807) is 25.1 Å². The maximum atomic E-state index is 12.1. The highest BCUT2D eigenvalue weighted by Crippen LogP contribution is 2.22.